The van der Waals surface area contributed by atoms with Gasteiger partial charge in [0.2, 0.25) is 0 Å². The van der Waals surface area contributed by atoms with Crippen molar-refractivity contribution in [3.8, 4) is 5.75 Å². The number of rotatable bonds is 3. The summed E-state index contributed by atoms with van der Waals surface area (Å²) in [4.78, 5) is 26.1. The summed E-state index contributed by atoms with van der Waals surface area (Å²) < 4.78 is 69.1. The highest BCUT2D eigenvalue weighted by atomic mass is 32.2. The number of piperidine rings is 1. The summed E-state index contributed by atoms with van der Waals surface area (Å²) in [5.74, 6) is -1.36. The first kappa shape index (κ1) is 23.0. The summed E-state index contributed by atoms with van der Waals surface area (Å²) in [6.07, 6.45) is -0.465. The first-order chi connectivity index (χ1) is 13.1. The van der Waals surface area contributed by atoms with E-state index in [2.05, 4.69) is 4.18 Å². The van der Waals surface area contributed by atoms with Crippen molar-refractivity contribution in [3.63, 3.8) is 0 Å². The van der Waals surface area contributed by atoms with Crippen molar-refractivity contribution in [2.24, 2.45) is 0 Å². The van der Waals surface area contributed by atoms with Crippen LogP contribution in [-0.4, -0.2) is 49.4 Å². The smallest absolute Gasteiger partial charge is 0.444 e. The minimum atomic E-state index is -5.79. The number of carbonyl (C=O) groups is 2. The van der Waals surface area contributed by atoms with Gasteiger partial charge in [-0.3, -0.25) is 4.79 Å². The normalized spacial score (nSPS) is 18.5. The van der Waals surface area contributed by atoms with Crippen LogP contribution in [0.2, 0.25) is 0 Å². The highest BCUT2D eigenvalue weighted by molar-refractivity contribution is 7.88. The molecule has 1 fully saturated rings. The van der Waals surface area contributed by atoms with Crippen LogP contribution < -0.4 is 4.18 Å². The van der Waals surface area contributed by atoms with Crippen molar-refractivity contribution in [1.82, 2.24) is 4.90 Å². The van der Waals surface area contributed by atoms with Crippen LogP contribution in [0.3, 0.4) is 0 Å². The number of ketones is 1. The molecule has 7 nitrogen and oxygen atoms in total. The fourth-order valence-corrected chi connectivity index (χ4v) is 3.31. The van der Waals surface area contributed by atoms with Crippen LogP contribution in [0.4, 0.5) is 18.0 Å². The summed E-state index contributed by atoms with van der Waals surface area (Å²) in [5, 5.41) is 0. The molecule has 0 N–H and O–H groups in total. The predicted molar refractivity (Wildman–Crippen MR) is 97.0 cm³/mol. The van der Waals surface area contributed by atoms with Crippen molar-refractivity contribution in [3.05, 3.63) is 29.3 Å². The van der Waals surface area contributed by atoms with E-state index >= 15 is 0 Å². The lowest BCUT2D eigenvalue weighted by atomic mass is 9.87. The van der Waals surface area contributed by atoms with Crippen LogP contribution in [0.5, 0.6) is 5.75 Å². The molecular weight excluding hydrogens is 415 g/mol. The number of amides is 1. The Kier molecular flexibility index (Phi) is 6.22. The molecule has 1 aromatic carbocycles. The minimum absolute atomic E-state index is 0.0512. The van der Waals surface area contributed by atoms with Crippen molar-refractivity contribution >= 4 is 22.0 Å². The van der Waals surface area contributed by atoms with Gasteiger partial charge in [0.1, 0.15) is 17.1 Å². The zero-order chi connectivity index (χ0) is 22.2. The van der Waals surface area contributed by atoms with E-state index in [4.69, 9.17) is 4.74 Å². The van der Waals surface area contributed by atoms with Gasteiger partial charge in [-0.25, -0.2) is 4.79 Å². The molecule has 1 aromatic rings. The molecule has 162 valence electrons. The van der Waals surface area contributed by atoms with E-state index in [-0.39, 0.29) is 25.3 Å². The molecule has 0 bridgehead atoms. The van der Waals surface area contributed by atoms with Crippen molar-refractivity contribution in [2.75, 3.05) is 13.1 Å². The van der Waals surface area contributed by atoms with Gasteiger partial charge in [-0.15, -0.1) is 0 Å². The van der Waals surface area contributed by atoms with Crippen LogP contribution in [0, 0.1) is 6.92 Å². The molecule has 0 spiro atoms. The van der Waals surface area contributed by atoms with Crippen molar-refractivity contribution in [2.45, 2.75) is 51.1 Å². The Morgan fingerprint density at radius 1 is 1.21 bits per heavy atom. The van der Waals surface area contributed by atoms with Gasteiger partial charge >= 0.3 is 21.7 Å². The fourth-order valence-electron chi connectivity index (χ4n) is 2.86. The van der Waals surface area contributed by atoms with E-state index in [0.717, 1.165) is 12.1 Å². The average Bonchev–Trinajstić information content (AvgIpc) is 2.53. The predicted octanol–water partition coefficient (Wildman–Crippen LogP) is 3.52. The Balaban J connectivity index is 2.22. The van der Waals surface area contributed by atoms with E-state index in [1.165, 1.54) is 17.9 Å². The summed E-state index contributed by atoms with van der Waals surface area (Å²) in [6.45, 7) is 6.92. The first-order valence-electron chi connectivity index (χ1n) is 8.72. The highest BCUT2D eigenvalue weighted by Gasteiger charge is 2.48. The second-order valence-electron chi connectivity index (χ2n) is 7.70. The summed E-state index contributed by atoms with van der Waals surface area (Å²) in [6, 6.07) is 3.49. The number of hydrogen-bond donors (Lipinski definition) is 0. The van der Waals surface area contributed by atoms with Gasteiger partial charge in [-0.2, -0.15) is 21.6 Å². The Hall–Kier alpha value is -2.30. The number of nitrogens with zero attached hydrogens (tertiary/aromatic N) is 1. The van der Waals surface area contributed by atoms with Crippen LogP contribution >= 0.6 is 0 Å². The third-order valence-electron chi connectivity index (χ3n) is 4.18. The van der Waals surface area contributed by atoms with Crippen LogP contribution in [0.15, 0.2) is 18.2 Å². The average molecular weight is 437 g/mol. The van der Waals surface area contributed by atoms with E-state index in [1.54, 1.807) is 20.8 Å². The fraction of sp³-hybridized carbons (Fsp3) is 0.556. The topological polar surface area (TPSA) is 90.0 Å². The molecule has 1 amide bonds. The maximum atomic E-state index is 12.5. The largest absolute Gasteiger partial charge is 0.534 e. The summed E-state index contributed by atoms with van der Waals surface area (Å²) in [7, 11) is -5.79. The first-order valence-corrected chi connectivity index (χ1v) is 10.1. The Morgan fingerprint density at radius 2 is 1.83 bits per heavy atom. The number of carbonyl (C=O) groups excluding carboxylic acids is 2. The molecule has 1 atom stereocenters. The molecule has 0 aliphatic carbocycles. The van der Waals surface area contributed by atoms with Gasteiger partial charge in [0, 0.05) is 19.5 Å². The molecule has 0 aromatic heterocycles. The molecule has 0 saturated carbocycles. The zero-order valence-corrected chi connectivity index (χ0v) is 17.2. The molecule has 0 radical (unpaired) electrons. The van der Waals surface area contributed by atoms with E-state index in [0.29, 0.717) is 11.1 Å². The lowest BCUT2D eigenvalue weighted by Gasteiger charge is -2.34. The second-order valence-corrected chi connectivity index (χ2v) is 9.23. The number of aryl methyl sites for hydroxylation is 1. The van der Waals surface area contributed by atoms with E-state index < -0.39 is 39.0 Å². The molecule has 1 aliphatic heterocycles. The van der Waals surface area contributed by atoms with E-state index in [9.17, 15) is 31.2 Å². The third-order valence-corrected chi connectivity index (χ3v) is 5.16. The molecule has 11 heteroatoms. The quantitative estimate of drug-likeness (QED) is 0.531. The van der Waals surface area contributed by atoms with Crippen molar-refractivity contribution < 1.29 is 40.1 Å². The van der Waals surface area contributed by atoms with Gasteiger partial charge in [0.15, 0.2) is 0 Å². The third kappa shape index (κ3) is 5.62. The van der Waals surface area contributed by atoms with Gasteiger partial charge in [-0.1, -0.05) is 6.07 Å². The molecule has 2 rings (SSSR count). The van der Waals surface area contributed by atoms with Crippen molar-refractivity contribution in [1.29, 1.82) is 0 Å². The Bertz CT molecular complexity index is 905. The number of alkyl halides is 3. The monoisotopic (exact) mass is 437 g/mol. The SMILES string of the molecule is Cc1cc(OS(=O)(=O)C(F)(F)F)ccc1C1CN(C(=O)OC(C)(C)C)CCC1=O. The molecule has 1 unspecified atom stereocenters. The maximum Gasteiger partial charge on any atom is 0.534 e. The molecular formula is C18H22F3NO6S. The van der Waals surface area contributed by atoms with Crippen LogP contribution in [0.1, 0.15) is 44.2 Å². The highest BCUT2D eigenvalue weighted by Crippen LogP contribution is 2.32. The summed E-state index contributed by atoms with van der Waals surface area (Å²) >= 11 is 0. The van der Waals surface area contributed by atoms with Crippen LogP contribution in [0.25, 0.3) is 0 Å². The molecule has 1 saturated heterocycles. The lowest BCUT2D eigenvalue weighted by molar-refractivity contribution is -0.123. The zero-order valence-electron chi connectivity index (χ0n) is 16.4. The molecule has 1 heterocycles. The van der Waals surface area contributed by atoms with Gasteiger partial charge in [-0.05, 0) is 51.0 Å². The lowest BCUT2D eigenvalue weighted by Crippen LogP contribution is -2.45. The number of halogens is 3. The van der Waals surface area contributed by atoms with Gasteiger partial charge < -0.3 is 13.8 Å². The van der Waals surface area contributed by atoms with Gasteiger partial charge in [0.05, 0.1) is 5.92 Å². The second kappa shape index (κ2) is 7.85. The Labute approximate surface area is 166 Å². The number of benzene rings is 1. The minimum Gasteiger partial charge on any atom is -0.444 e. The molecule has 1 aliphatic rings. The maximum absolute atomic E-state index is 12.5. The Morgan fingerprint density at radius 3 is 2.34 bits per heavy atom. The summed E-state index contributed by atoms with van der Waals surface area (Å²) in [5.41, 5.74) is -5.41. The van der Waals surface area contributed by atoms with Crippen LogP contribution in [-0.2, 0) is 19.6 Å². The van der Waals surface area contributed by atoms with Gasteiger partial charge in [0.25, 0.3) is 0 Å². The van der Waals surface area contributed by atoms with E-state index in [1.807, 2.05) is 0 Å². The number of hydrogen-bond acceptors (Lipinski definition) is 6. The standard InChI is InChI=1S/C18H22F3NO6S/c1-11-9-12(28-29(25,26)18(19,20)21)5-6-13(11)14-10-22(8-7-15(14)23)16(24)27-17(2,3)4/h5-6,9,14H,7-8,10H2,1-4H3. The molecule has 29 heavy (non-hydrogen) atoms. The number of likely N-dealkylation sites (tertiary alicyclic amines) is 1. The number of Topliss-reactive ketones (excluding diaryl/α,β-unsaturated/α-hetero) is 1. The number of ether oxygens (including phenoxy) is 1.